The number of hydrogen-bond acceptors (Lipinski definition) is 1. The molecule has 2 aromatic rings. The molecule has 0 amide bonds. The Morgan fingerprint density at radius 3 is 1.71 bits per heavy atom. The second kappa shape index (κ2) is 15.1. The van der Waals surface area contributed by atoms with Crippen molar-refractivity contribution in [3.8, 4) is 11.1 Å². The van der Waals surface area contributed by atoms with E-state index in [1.54, 1.807) is 0 Å². The van der Waals surface area contributed by atoms with Crippen molar-refractivity contribution in [2.45, 2.75) is 90.5 Å². The van der Waals surface area contributed by atoms with Crippen LogP contribution in [-0.2, 0) is 6.54 Å². The van der Waals surface area contributed by atoms with Gasteiger partial charge in [0.15, 0.2) is 12.4 Å². The maximum absolute atomic E-state index is 4.10. The monoisotopic (exact) mass is 425 g/mol. The van der Waals surface area contributed by atoms with Crippen LogP contribution in [0.3, 0.4) is 0 Å². The molecule has 0 saturated heterocycles. The molecule has 2 heterocycles. The minimum atomic E-state index is 1.11. The minimum absolute atomic E-state index is 1.11. The van der Waals surface area contributed by atoms with Crippen molar-refractivity contribution in [3.63, 3.8) is 0 Å². The lowest BCUT2D eigenvalue weighted by molar-refractivity contribution is -0.891. The van der Waals surface area contributed by atoms with Crippen LogP contribution in [0.2, 0.25) is 0 Å². The molecule has 31 heavy (non-hydrogen) atoms. The van der Waals surface area contributed by atoms with E-state index in [0.29, 0.717) is 0 Å². The van der Waals surface area contributed by atoms with Crippen LogP contribution in [0, 0.1) is 0 Å². The van der Waals surface area contributed by atoms with Crippen LogP contribution >= 0.6 is 0 Å². The largest absolute Gasteiger partial charge is 0.328 e. The van der Waals surface area contributed by atoms with Crippen LogP contribution in [-0.4, -0.2) is 36.7 Å². The molecule has 2 rings (SSSR count). The Morgan fingerprint density at radius 1 is 0.645 bits per heavy atom. The van der Waals surface area contributed by atoms with Crippen molar-refractivity contribution < 1.29 is 9.05 Å². The van der Waals surface area contributed by atoms with Crippen LogP contribution in [0.15, 0.2) is 49.1 Å². The molecule has 0 unspecified atom stereocenters. The van der Waals surface area contributed by atoms with Gasteiger partial charge < -0.3 is 4.48 Å². The molecule has 172 valence electrons. The van der Waals surface area contributed by atoms with Crippen molar-refractivity contribution in [2.75, 3.05) is 27.2 Å². The van der Waals surface area contributed by atoms with Gasteiger partial charge in [0.2, 0.25) is 0 Å². The number of unbranched alkanes of at least 4 members (excludes halogenated alkanes) is 10. The first-order valence-electron chi connectivity index (χ1n) is 12.8. The van der Waals surface area contributed by atoms with Gasteiger partial charge in [-0.05, 0) is 36.1 Å². The maximum Gasteiger partial charge on any atom is 0.169 e. The zero-order valence-electron chi connectivity index (χ0n) is 20.6. The highest BCUT2D eigenvalue weighted by Gasteiger charge is 2.14. The average Bonchev–Trinajstić information content (AvgIpc) is 2.79. The highest BCUT2D eigenvalue weighted by Crippen LogP contribution is 2.16. The summed E-state index contributed by atoms with van der Waals surface area (Å²) in [5, 5.41) is 0. The molecule has 0 atom stereocenters. The topological polar surface area (TPSA) is 16.8 Å². The fraction of sp³-hybridized carbons (Fsp3) is 0.643. The molecule has 2 aromatic heterocycles. The summed E-state index contributed by atoms with van der Waals surface area (Å²) in [6.07, 6.45) is 24.9. The number of aryl methyl sites for hydroxylation is 1. The lowest BCUT2D eigenvalue weighted by Crippen LogP contribution is -2.41. The van der Waals surface area contributed by atoms with Crippen molar-refractivity contribution in [1.82, 2.24) is 4.98 Å². The Balaban J connectivity index is 1.51. The number of hydrogen-bond donors (Lipinski definition) is 0. The van der Waals surface area contributed by atoms with Gasteiger partial charge in [-0.1, -0.05) is 58.3 Å². The molecule has 0 aliphatic carbocycles. The molecule has 0 aliphatic heterocycles. The third-order valence-electron chi connectivity index (χ3n) is 6.45. The zero-order valence-corrected chi connectivity index (χ0v) is 20.6. The molecule has 0 spiro atoms. The fourth-order valence-electron chi connectivity index (χ4n) is 4.32. The predicted molar refractivity (Wildman–Crippen MR) is 133 cm³/mol. The first kappa shape index (κ1) is 25.5. The van der Waals surface area contributed by atoms with E-state index in [0.717, 1.165) is 6.54 Å². The van der Waals surface area contributed by atoms with E-state index < -0.39 is 0 Å². The van der Waals surface area contributed by atoms with Gasteiger partial charge in [-0.2, -0.15) is 0 Å². The standard InChI is InChI=1S/C28H47N3/c1-4-5-6-7-8-9-10-11-12-14-25-31(2,3)26-15-13-22-30-23-18-28(19-24-30)27-16-20-29-21-17-27/h16-21,23-24H,4-15,22,25-26H2,1-3H3/q+2. The van der Waals surface area contributed by atoms with E-state index in [1.807, 2.05) is 12.4 Å². The van der Waals surface area contributed by atoms with Gasteiger partial charge in [-0.3, -0.25) is 4.98 Å². The molecular weight excluding hydrogens is 378 g/mol. The average molecular weight is 426 g/mol. The van der Waals surface area contributed by atoms with Gasteiger partial charge in [-0.25, -0.2) is 4.57 Å². The van der Waals surface area contributed by atoms with Gasteiger partial charge in [0, 0.05) is 37.4 Å². The van der Waals surface area contributed by atoms with E-state index >= 15 is 0 Å². The lowest BCUT2D eigenvalue weighted by atomic mass is 10.1. The predicted octanol–water partition coefficient (Wildman–Crippen LogP) is 6.81. The summed E-state index contributed by atoms with van der Waals surface area (Å²) in [5.74, 6) is 0. The van der Waals surface area contributed by atoms with Crippen LogP contribution in [0.1, 0.15) is 84.0 Å². The lowest BCUT2D eigenvalue weighted by Gasteiger charge is -2.29. The second-order valence-electron chi connectivity index (χ2n) is 9.83. The van der Waals surface area contributed by atoms with Crippen molar-refractivity contribution in [2.24, 2.45) is 0 Å². The van der Waals surface area contributed by atoms with Crippen molar-refractivity contribution >= 4 is 0 Å². The summed E-state index contributed by atoms with van der Waals surface area (Å²) in [5.41, 5.74) is 2.49. The molecule has 0 radical (unpaired) electrons. The van der Waals surface area contributed by atoms with Gasteiger partial charge >= 0.3 is 0 Å². The summed E-state index contributed by atoms with van der Waals surface area (Å²) in [6, 6.07) is 8.55. The van der Waals surface area contributed by atoms with Crippen LogP contribution < -0.4 is 4.57 Å². The summed E-state index contributed by atoms with van der Waals surface area (Å²) in [7, 11) is 4.81. The highest BCUT2D eigenvalue weighted by atomic mass is 15.3. The Hall–Kier alpha value is -1.74. The quantitative estimate of drug-likeness (QED) is 0.154. The van der Waals surface area contributed by atoms with Gasteiger partial charge in [0.1, 0.15) is 6.54 Å². The van der Waals surface area contributed by atoms with Gasteiger partial charge in [-0.15, -0.1) is 0 Å². The number of rotatable bonds is 17. The molecule has 0 bridgehead atoms. The van der Waals surface area contributed by atoms with E-state index in [9.17, 15) is 0 Å². The van der Waals surface area contributed by atoms with Crippen LogP contribution in [0.5, 0.6) is 0 Å². The highest BCUT2D eigenvalue weighted by molar-refractivity contribution is 5.61. The minimum Gasteiger partial charge on any atom is -0.328 e. The Morgan fingerprint density at radius 2 is 1.13 bits per heavy atom. The number of pyridine rings is 2. The molecule has 0 aliphatic rings. The molecule has 0 aromatic carbocycles. The Labute approximate surface area is 192 Å². The molecule has 0 fully saturated rings. The summed E-state index contributed by atoms with van der Waals surface area (Å²) in [6.45, 7) is 6.01. The Kier molecular flexibility index (Phi) is 12.5. The fourth-order valence-corrected chi connectivity index (χ4v) is 4.32. The summed E-state index contributed by atoms with van der Waals surface area (Å²) >= 11 is 0. The normalized spacial score (nSPS) is 11.7. The van der Waals surface area contributed by atoms with E-state index in [1.165, 1.54) is 106 Å². The number of aromatic nitrogens is 2. The van der Waals surface area contributed by atoms with Crippen molar-refractivity contribution in [3.05, 3.63) is 49.1 Å². The van der Waals surface area contributed by atoms with Gasteiger partial charge in [0.25, 0.3) is 0 Å². The molecule has 0 saturated carbocycles. The van der Waals surface area contributed by atoms with Crippen LogP contribution in [0.25, 0.3) is 11.1 Å². The summed E-state index contributed by atoms with van der Waals surface area (Å²) in [4.78, 5) is 4.10. The number of nitrogens with zero attached hydrogens (tertiary/aromatic N) is 3. The molecular formula is C28H47N3+2. The third kappa shape index (κ3) is 11.4. The van der Waals surface area contributed by atoms with Crippen LogP contribution in [0.4, 0.5) is 0 Å². The Bertz CT molecular complexity index is 679. The molecule has 3 heteroatoms. The van der Waals surface area contributed by atoms with E-state index in [2.05, 4.69) is 67.2 Å². The maximum atomic E-state index is 4.10. The molecule has 0 N–H and O–H groups in total. The summed E-state index contributed by atoms with van der Waals surface area (Å²) < 4.78 is 3.48. The molecule has 3 nitrogen and oxygen atoms in total. The smallest absolute Gasteiger partial charge is 0.169 e. The SMILES string of the molecule is CCCCCCCCCCCC[N+](C)(C)CCCC[n+]1ccc(-c2ccncc2)cc1. The van der Waals surface area contributed by atoms with Gasteiger partial charge in [0.05, 0.1) is 27.2 Å². The first-order valence-corrected chi connectivity index (χ1v) is 12.8. The van der Waals surface area contributed by atoms with Crippen molar-refractivity contribution in [1.29, 1.82) is 0 Å². The van der Waals surface area contributed by atoms with E-state index in [4.69, 9.17) is 0 Å². The number of quaternary nitrogens is 1. The first-order chi connectivity index (χ1) is 15.1. The second-order valence-corrected chi connectivity index (χ2v) is 9.83. The zero-order chi connectivity index (χ0) is 22.2. The third-order valence-corrected chi connectivity index (χ3v) is 6.45. The van der Waals surface area contributed by atoms with E-state index in [-0.39, 0.29) is 0 Å².